The van der Waals surface area contributed by atoms with Crippen molar-refractivity contribution in [1.29, 1.82) is 0 Å². The van der Waals surface area contributed by atoms with Crippen LogP contribution >= 0.6 is 0 Å². The van der Waals surface area contributed by atoms with E-state index in [1.54, 1.807) is 31.4 Å². The molecular formula is C25H29NO6. The number of likely N-dealkylation sites (tertiary alicyclic amines) is 1. The molecule has 0 radical (unpaired) electrons. The third-order valence-corrected chi connectivity index (χ3v) is 6.07. The summed E-state index contributed by atoms with van der Waals surface area (Å²) in [6.07, 6.45) is 5.14. The lowest BCUT2D eigenvalue weighted by atomic mass is 9.98. The summed E-state index contributed by atoms with van der Waals surface area (Å²) >= 11 is 0. The first kappa shape index (κ1) is 22.0. The number of piperidine rings is 1. The molecule has 2 aromatic rings. The van der Waals surface area contributed by atoms with Crippen molar-refractivity contribution < 1.29 is 28.8 Å². The van der Waals surface area contributed by atoms with Crippen molar-refractivity contribution in [2.24, 2.45) is 0 Å². The van der Waals surface area contributed by atoms with Gasteiger partial charge in [0.2, 0.25) is 11.5 Å². The fraction of sp³-hybridized carbons (Fsp3) is 0.400. The van der Waals surface area contributed by atoms with E-state index in [1.165, 1.54) is 20.6 Å². The third kappa shape index (κ3) is 3.88. The number of Topliss-reactive ketones (excluding diaryl/α,β-unsaturated/α-hetero) is 1. The number of ketones is 1. The average molecular weight is 440 g/mol. The maximum atomic E-state index is 13.3. The minimum atomic E-state index is -0.214. The smallest absolute Gasteiger partial charge is 0.232 e. The van der Waals surface area contributed by atoms with Crippen molar-refractivity contribution in [3.63, 3.8) is 0 Å². The van der Waals surface area contributed by atoms with Gasteiger partial charge in [-0.15, -0.1) is 0 Å². The Balaban J connectivity index is 1.74. The van der Waals surface area contributed by atoms with Crippen molar-refractivity contribution in [2.45, 2.75) is 32.7 Å². The van der Waals surface area contributed by atoms with Crippen LogP contribution in [0.5, 0.6) is 28.7 Å². The Morgan fingerprint density at radius 1 is 1.06 bits per heavy atom. The van der Waals surface area contributed by atoms with Gasteiger partial charge in [0, 0.05) is 12.1 Å². The maximum absolute atomic E-state index is 13.3. The SMILES string of the molecule is COc1ccc(/C=C2\Oc3c(CN4CCCCC4)c(O)cc(C)c3C2=O)c(OC)c1OC. The summed E-state index contributed by atoms with van der Waals surface area (Å²) in [6.45, 7) is 4.31. The lowest BCUT2D eigenvalue weighted by Gasteiger charge is -2.27. The van der Waals surface area contributed by atoms with E-state index in [4.69, 9.17) is 18.9 Å². The number of aryl methyl sites for hydroxylation is 1. The number of fused-ring (bicyclic) bond motifs is 1. The molecule has 0 spiro atoms. The van der Waals surface area contributed by atoms with Crippen LogP contribution in [0.3, 0.4) is 0 Å². The molecule has 2 aliphatic rings. The summed E-state index contributed by atoms with van der Waals surface area (Å²) in [5.41, 5.74) is 2.47. The average Bonchev–Trinajstić information content (AvgIpc) is 3.13. The highest BCUT2D eigenvalue weighted by molar-refractivity contribution is 6.16. The molecule has 0 atom stereocenters. The van der Waals surface area contributed by atoms with Gasteiger partial charge < -0.3 is 24.1 Å². The number of aromatic hydroxyl groups is 1. The molecule has 4 rings (SSSR count). The molecule has 0 aliphatic carbocycles. The van der Waals surface area contributed by atoms with Gasteiger partial charge in [0.25, 0.3) is 0 Å². The summed E-state index contributed by atoms with van der Waals surface area (Å²) in [5.74, 6) is 1.98. The van der Waals surface area contributed by atoms with Crippen LogP contribution in [0.25, 0.3) is 6.08 Å². The maximum Gasteiger partial charge on any atom is 0.232 e. The van der Waals surface area contributed by atoms with Crippen LogP contribution in [-0.4, -0.2) is 50.2 Å². The number of rotatable bonds is 6. The highest BCUT2D eigenvalue weighted by Gasteiger charge is 2.34. The van der Waals surface area contributed by atoms with Gasteiger partial charge in [-0.05, 0) is 62.7 Å². The molecule has 2 heterocycles. The normalized spacial score (nSPS) is 17.2. The fourth-order valence-electron chi connectivity index (χ4n) is 4.45. The molecule has 2 aliphatic heterocycles. The summed E-state index contributed by atoms with van der Waals surface area (Å²) in [6, 6.07) is 5.18. The number of carbonyl (C=O) groups is 1. The Morgan fingerprint density at radius 2 is 1.78 bits per heavy atom. The van der Waals surface area contributed by atoms with Crippen LogP contribution in [0.1, 0.15) is 46.3 Å². The van der Waals surface area contributed by atoms with Crippen molar-refractivity contribution >= 4 is 11.9 Å². The highest BCUT2D eigenvalue weighted by Crippen LogP contribution is 2.44. The molecule has 7 nitrogen and oxygen atoms in total. The van der Waals surface area contributed by atoms with Gasteiger partial charge in [0.15, 0.2) is 17.3 Å². The van der Waals surface area contributed by atoms with E-state index >= 15 is 0 Å². The molecule has 1 fully saturated rings. The number of phenols is 1. The second-order valence-electron chi connectivity index (χ2n) is 8.10. The van der Waals surface area contributed by atoms with Crippen molar-refractivity contribution in [1.82, 2.24) is 4.90 Å². The molecule has 0 unspecified atom stereocenters. The minimum absolute atomic E-state index is 0.157. The number of methoxy groups -OCH3 is 3. The van der Waals surface area contributed by atoms with E-state index in [0.717, 1.165) is 25.9 Å². The summed E-state index contributed by atoms with van der Waals surface area (Å²) in [7, 11) is 4.61. The summed E-state index contributed by atoms with van der Waals surface area (Å²) in [4.78, 5) is 15.6. The van der Waals surface area contributed by atoms with Crippen LogP contribution in [0, 0.1) is 6.92 Å². The Kier molecular flexibility index (Phi) is 6.28. The minimum Gasteiger partial charge on any atom is -0.507 e. The number of benzene rings is 2. The Bertz CT molecular complexity index is 1070. The largest absolute Gasteiger partial charge is 0.507 e. The highest BCUT2D eigenvalue weighted by atomic mass is 16.5. The molecule has 0 saturated carbocycles. The van der Waals surface area contributed by atoms with Crippen molar-refractivity contribution in [2.75, 3.05) is 34.4 Å². The molecule has 7 heteroatoms. The predicted molar refractivity (Wildman–Crippen MR) is 121 cm³/mol. The molecule has 170 valence electrons. The molecule has 2 aromatic carbocycles. The lowest BCUT2D eigenvalue weighted by molar-refractivity contribution is 0.101. The van der Waals surface area contributed by atoms with E-state index in [9.17, 15) is 9.90 Å². The zero-order valence-corrected chi connectivity index (χ0v) is 19.0. The van der Waals surface area contributed by atoms with Gasteiger partial charge in [-0.3, -0.25) is 9.69 Å². The zero-order chi connectivity index (χ0) is 22.8. The Labute approximate surface area is 188 Å². The van der Waals surface area contributed by atoms with Gasteiger partial charge in [-0.2, -0.15) is 0 Å². The van der Waals surface area contributed by atoms with Crippen LogP contribution in [-0.2, 0) is 6.54 Å². The molecule has 1 N–H and O–H groups in total. The van der Waals surface area contributed by atoms with E-state index in [2.05, 4.69) is 4.90 Å². The van der Waals surface area contributed by atoms with E-state index in [0.29, 0.717) is 51.8 Å². The lowest BCUT2D eigenvalue weighted by Crippen LogP contribution is -2.29. The van der Waals surface area contributed by atoms with E-state index in [1.807, 2.05) is 6.92 Å². The van der Waals surface area contributed by atoms with E-state index in [-0.39, 0.29) is 17.3 Å². The van der Waals surface area contributed by atoms with E-state index < -0.39 is 0 Å². The van der Waals surface area contributed by atoms with Gasteiger partial charge in [-0.1, -0.05) is 6.42 Å². The van der Waals surface area contributed by atoms with Gasteiger partial charge in [0.05, 0.1) is 32.5 Å². The second-order valence-corrected chi connectivity index (χ2v) is 8.10. The summed E-state index contributed by atoms with van der Waals surface area (Å²) < 4.78 is 22.4. The van der Waals surface area contributed by atoms with Crippen LogP contribution in [0.15, 0.2) is 24.0 Å². The molecule has 0 amide bonds. The number of allylic oxidation sites excluding steroid dienone is 1. The van der Waals surface area contributed by atoms with Gasteiger partial charge in [-0.25, -0.2) is 0 Å². The number of hydrogen-bond acceptors (Lipinski definition) is 7. The van der Waals surface area contributed by atoms with Crippen LogP contribution in [0.2, 0.25) is 0 Å². The van der Waals surface area contributed by atoms with Gasteiger partial charge >= 0.3 is 0 Å². The fourth-order valence-corrected chi connectivity index (χ4v) is 4.45. The quantitative estimate of drug-likeness (QED) is 0.672. The molecule has 1 saturated heterocycles. The molecule has 32 heavy (non-hydrogen) atoms. The number of carbonyl (C=O) groups excluding carboxylic acids is 1. The van der Waals surface area contributed by atoms with Crippen molar-refractivity contribution in [3.8, 4) is 28.7 Å². The monoisotopic (exact) mass is 439 g/mol. The predicted octanol–water partition coefficient (Wildman–Crippen LogP) is 4.33. The topological polar surface area (TPSA) is 77.5 Å². The summed E-state index contributed by atoms with van der Waals surface area (Å²) in [5, 5.41) is 10.7. The number of nitrogens with zero attached hydrogens (tertiary/aromatic N) is 1. The Morgan fingerprint density at radius 3 is 2.44 bits per heavy atom. The molecular weight excluding hydrogens is 410 g/mol. The van der Waals surface area contributed by atoms with Crippen molar-refractivity contribution in [3.05, 3.63) is 46.2 Å². The molecule has 0 aromatic heterocycles. The standard InChI is InChI=1S/C25H29NO6/c1-15-12-18(27)17(14-26-10-6-5-7-11-26)24-21(15)22(28)20(32-24)13-16-8-9-19(29-2)25(31-4)23(16)30-3/h8-9,12-13,27H,5-7,10-11,14H2,1-4H3/b20-13-. The molecule has 0 bridgehead atoms. The van der Waals surface area contributed by atoms with Gasteiger partial charge in [0.1, 0.15) is 11.5 Å². The number of ether oxygens (including phenoxy) is 4. The second kappa shape index (κ2) is 9.12. The Hall–Kier alpha value is -3.19. The third-order valence-electron chi connectivity index (χ3n) is 6.07. The van der Waals surface area contributed by atoms with Crippen LogP contribution in [0.4, 0.5) is 0 Å². The number of hydrogen-bond donors (Lipinski definition) is 1. The first-order chi connectivity index (χ1) is 15.5. The van der Waals surface area contributed by atoms with Crippen LogP contribution < -0.4 is 18.9 Å². The zero-order valence-electron chi connectivity index (χ0n) is 19.0. The first-order valence-electron chi connectivity index (χ1n) is 10.8. The first-order valence-corrected chi connectivity index (χ1v) is 10.8. The number of phenolic OH excluding ortho intramolecular Hbond substituents is 1.